The van der Waals surface area contributed by atoms with Gasteiger partial charge in [0, 0.05) is 6.61 Å². The number of hydrogen-bond donors (Lipinski definition) is 0. The molecule has 130 valence electrons. The Kier molecular flexibility index (Phi) is 4.06. The minimum absolute atomic E-state index is 0.182. The Morgan fingerprint density at radius 2 is 1.67 bits per heavy atom. The van der Waals surface area contributed by atoms with Crippen LogP contribution in [0.15, 0.2) is 18.2 Å². The van der Waals surface area contributed by atoms with E-state index in [0.29, 0.717) is 0 Å². The number of rotatable bonds is 3. The molecular formula is C20H29BO3. The monoisotopic (exact) mass is 328 g/mol. The minimum atomic E-state index is -0.308. The molecular weight excluding hydrogens is 299 g/mol. The van der Waals surface area contributed by atoms with Crippen LogP contribution in [0.2, 0.25) is 0 Å². The second kappa shape index (κ2) is 5.86. The third-order valence-corrected chi connectivity index (χ3v) is 6.19. The van der Waals surface area contributed by atoms with Crippen LogP contribution in [0, 0.1) is 0 Å². The molecule has 1 saturated carbocycles. The van der Waals surface area contributed by atoms with Crippen molar-refractivity contribution in [3.05, 3.63) is 29.3 Å². The number of benzene rings is 1. The molecule has 3 aliphatic rings. The molecule has 3 nitrogen and oxygen atoms in total. The Balaban J connectivity index is 1.70. The van der Waals surface area contributed by atoms with E-state index in [0.717, 1.165) is 18.9 Å². The fourth-order valence-electron chi connectivity index (χ4n) is 3.72. The average Bonchev–Trinajstić information content (AvgIpc) is 3.36. The predicted molar refractivity (Wildman–Crippen MR) is 96.7 cm³/mol. The average molecular weight is 328 g/mol. The Hall–Kier alpha value is -0.835. The van der Waals surface area contributed by atoms with Gasteiger partial charge in [0.1, 0.15) is 0 Å². The first-order valence-electron chi connectivity index (χ1n) is 9.48. The van der Waals surface area contributed by atoms with E-state index in [1.807, 2.05) is 0 Å². The predicted octanol–water partition coefficient (Wildman–Crippen LogP) is 4.10. The van der Waals surface area contributed by atoms with Gasteiger partial charge in [-0.2, -0.15) is 0 Å². The van der Waals surface area contributed by atoms with Crippen LogP contribution in [-0.4, -0.2) is 24.9 Å². The van der Waals surface area contributed by atoms with Crippen molar-refractivity contribution in [2.24, 2.45) is 0 Å². The summed E-state index contributed by atoms with van der Waals surface area (Å²) < 4.78 is 18.8. The van der Waals surface area contributed by atoms with Gasteiger partial charge in [0.05, 0.1) is 17.3 Å². The summed E-state index contributed by atoms with van der Waals surface area (Å²) in [5.41, 5.74) is 3.26. The van der Waals surface area contributed by atoms with Crippen LogP contribution in [0.3, 0.4) is 0 Å². The van der Waals surface area contributed by atoms with E-state index in [4.69, 9.17) is 14.0 Å². The van der Waals surface area contributed by atoms with Crippen LogP contribution in [0.5, 0.6) is 0 Å². The maximum Gasteiger partial charge on any atom is 0.495 e. The molecule has 1 atom stereocenters. The van der Waals surface area contributed by atoms with Gasteiger partial charge in [0.2, 0.25) is 0 Å². The fourth-order valence-corrected chi connectivity index (χ4v) is 3.72. The smallest absolute Gasteiger partial charge is 0.399 e. The van der Waals surface area contributed by atoms with Crippen LogP contribution >= 0.6 is 0 Å². The summed E-state index contributed by atoms with van der Waals surface area (Å²) in [6.07, 6.45) is 6.29. The first kappa shape index (κ1) is 16.6. The summed E-state index contributed by atoms with van der Waals surface area (Å²) >= 11 is 0. The molecule has 24 heavy (non-hydrogen) atoms. The van der Waals surface area contributed by atoms with Gasteiger partial charge >= 0.3 is 7.12 Å². The Labute approximate surface area is 146 Å². The standard InChI is InChI=1S/C20H29BO3/c1-19(2)20(3,4)24-21(23-19)17-13-15(14-8-9-14)10-11-16(17)18-7-5-6-12-22-18/h10-11,13-14,18H,5-9,12H2,1-4H3. The first-order valence-corrected chi connectivity index (χ1v) is 9.48. The molecule has 2 aliphatic heterocycles. The van der Waals surface area contributed by atoms with E-state index in [-0.39, 0.29) is 24.4 Å². The largest absolute Gasteiger partial charge is 0.495 e. The Morgan fingerprint density at radius 1 is 0.958 bits per heavy atom. The lowest BCUT2D eigenvalue weighted by atomic mass is 9.73. The summed E-state index contributed by atoms with van der Waals surface area (Å²) in [4.78, 5) is 0. The highest BCUT2D eigenvalue weighted by Crippen LogP contribution is 2.42. The van der Waals surface area contributed by atoms with Crippen molar-refractivity contribution in [1.29, 1.82) is 0 Å². The number of ether oxygens (including phenoxy) is 1. The molecule has 1 aromatic rings. The fraction of sp³-hybridized carbons (Fsp3) is 0.700. The summed E-state index contributed by atoms with van der Waals surface area (Å²) in [6.45, 7) is 9.34. The first-order chi connectivity index (χ1) is 11.4. The lowest BCUT2D eigenvalue weighted by molar-refractivity contribution is 0.00578. The van der Waals surface area contributed by atoms with E-state index in [9.17, 15) is 0 Å². The Bertz CT molecular complexity index is 599. The van der Waals surface area contributed by atoms with Crippen LogP contribution < -0.4 is 5.46 Å². The zero-order valence-corrected chi connectivity index (χ0v) is 15.4. The molecule has 1 aromatic carbocycles. The van der Waals surface area contributed by atoms with Crippen LogP contribution in [0.1, 0.15) is 82.9 Å². The van der Waals surface area contributed by atoms with Crippen molar-refractivity contribution >= 4 is 12.6 Å². The lowest BCUT2D eigenvalue weighted by Crippen LogP contribution is -2.41. The quantitative estimate of drug-likeness (QED) is 0.782. The third-order valence-electron chi connectivity index (χ3n) is 6.19. The highest BCUT2D eigenvalue weighted by atomic mass is 16.7. The maximum absolute atomic E-state index is 6.36. The van der Waals surface area contributed by atoms with E-state index in [1.54, 1.807) is 0 Å². The molecule has 2 heterocycles. The summed E-state index contributed by atoms with van der Waals surface area (Å²) in [5, 5.41) is 0. The van der Waals surface area contributed by atoms with Crippen LogP contribution in [-0.2, 0) is 14.0 Å². The van der Waals surface area contributed by atoms with E-state index < -0.39 is 0 Å². The molecule has 2 saturated heterocycles. The minimum Gasteiger partial charge on any atom is -0.399 e. The zero-order chi connectivity index (χ0) is 16.9. The molecule has 0 N–H and O–H groups in total. The van der Waals surface area contributed by atoms with Gasteiger partial charge in [-0.1, -0.05) is 18.2 Å². The molecule has 1 aliphatic carbocycles. The van der Waals surface area contributed by atoms with Crippen molar-refractivity contribution in [2.75, 3.05) is 6.61 Å². The van der Waals surface area contributed by atoms with Crippen molar-refractivity contribution in [3.63, 3.8) is 0 Å². The third kappa shape index (κ3) is 2.93. The normalized spacial score (nSPS) is 29.0. The van der Waals surface area contributed by atoms with Gasteiger partial charge in [-0.3, -0.25) is 0 Å². The van der Waals surface area contributed by atoms with Gasteiger partial charge in [0.25, 0.3) is 0 Å². The van der Waals surface area contributed by atoms with E-state index >= 15 is 0 Å². The lowest BCUT2D eigenvalue weighted by Gasteiger charge is -2.32. The van der Waals surface area contributed by atoms with Crippen molar-refractivity contribution < 1.29 is 14.0 Å². The molecule has 3 fully saturated rings. The highest BCUT2D eigenvalue weighted by Gasteiger charge is 2.52. The van der Waals surface area contributed by atoms with Crippen molar-refractivity contribution in [3.8, 4) is 0 Å². The summed E-state index contributed by atoms with van der Waals surface area (Å²) in [5.74, 6) is 0.729. The summed E-state index contributed by atoms with van der Waals surface area (Å²) in [7, 11) is -0.297. The maximum atomic E-state index is 6.36. The molecule has 0 radical (unpaired) electrons. The molecule has 1 unspecified atom stereocenters. The van der Waals surface area contributed by atoms with Crippen LogP contribution in [0.25, 0.3) is 0 Å². The zero-order valence-electron chi connectivity index (χ0n) is 15.4. The highest BCUT2D eigenvalue weighted by molar-refractivity contribution is 6.62. The van der Waals surface area contributed by atoms with E-state index in [2.05, 4.69) is 45.9 Å². The van der Waals surface area contributed by atoms with E-state index in [1.165, 1.54) is 42.3 Å². The second-order valence-electron chi connectivity index (χ2n) is 8.61. The molecule has 0 spiro atoms. The van der Waals surface area contributed by atoms with Gasteiger partial charge in [-0.25, -0.2) is 0 Å². The van der Waals surface area contributed by atoms with Crippen molar-refractivity contribution in [2.45, 2.75) is 83.0 Å². The van der Waals surface area contributed by atoms with Gasteiger partial charge in [-0.05, 0) is 82.3 Å². The second-order valence-corrected chi connectivity index (χ2v) is 8.61. The van der Waals surface area contributed by atoms with Crippen LogP contribution in [0.4, 0.5) is 0 Å². The Morgan fingerprint density at radius 3 is 2.25 bits per heavy atom. The van der Waals surface area contributed by atoms with Crippen molar-refractivity contribution in [1.82, 2.24) is 0 Å². The topological polar surface area (TPSA) is 27.7 Å². The van der Waals surface area contributed by atoms with Gasteiger partial charge < -0.3 is 14.0 Å². The molecule has 0 aromatic heterocycles. The molecule has 0 amide bonds. The SMILES string of the molecule is CC1(C)OB(c2cc(C3CC3)ccc2C2CCCCO2)OC1(C)C. The van der Waals surface area contributed by atoms with Gasteiger partial charge in [-0.15, -0.1) is 0 Å². The van der Waals surface area contributed by atoms with Gasteiger partial charge in [0.15, 0.2) is 0 Å². The molecule has 4 rings (SSSR count). The molecule has 0 bridgehead atoms. The molecule has 4 heteroatoms. The number of hydrogen-bond acceptors (Lipinski definition) is 3. The summed E-state index contributed by atoms with van der Waals surface area (Å²) in [6, 6.07) is 6.89.